The van der Waals surface area contributed by atoms with Crippen molar-refractivity contribution >= 4 is 23.5 Å². The molecule has 1 atom stereocenters. The molecule has 1 aliphatic carbocycles. The van der Waals surface area contributed by atoms with E-state index in [4.69, 9.17) is 0 Å². The first-order chi connectivity index (χ1) is 18.4. The largest absolute Gasteiger partial charge is 0.416 e. The summed E-state index contributed by atoms with van der Waals surface area (Å²) < 4.78 is 71.1. The number of alkyl halides is 4. The van der Waals surface area contributed by atoms with Gasteiger partial charge in [0.25, 0.3) is 5.91 Å². The molecule has 2 N–H and O–H groups in total. The molecule has 2 aromatic carbocycles. The number of nitrogens with zero attached hydrogens (tertiary/aromatic N) is 2. The van der Waals surface area contributed by atoms with Crippen LogP contribution in [-0.2, 0) is 17.4 Å². The normalized spacial score (nSPS) is 16.0. The summed E-state index contributed by atoms with van der Waals surface area (Å²) in [6.07, 6.45) is -0.393. The van der Waals surface area contributed by atoms with Crippen LogP contribution in [-0.4, -0.2) is 43.2 Å². The van der Waals surface area contributed by atoms with Crippen LogP contribution in [0.1, 0.15) is 61.6 Å². The van der Waals surface area contributed by atoms with Crippen LogP contribution >= 0.6 is 11.9 Å². The number of hydrogen-bond acceptors (Lipinski definition) is 5. The van der Waals surface area contributed by atoms with Gasteiger partial charge in [0.1, 0.15) is 11.9 Å². The summed E-state index contributed by atoms with van der Waals surface area (Å²) in [5.41, 5.74) is -1.89. The van der Waals surface area contributed by atoms with Gasteiger partial charge in [-0.3, -0.25) is 9.52 Å². The van der Waals surface area contributed by atoms with Crippen molar-refractivity contribution in [3.8, 4) is 6.07 Å². The number of carbonyl (C=O) groups excluding carboxylic acids is 1. The molecule has 1 fully saturated rings. The molecule has 0 bridgehead atoms. The average Bonchev–Trinajstić information content (AvgIpc) is 2.89. The summed E-state index contributed by atoms with van der Waals surface area (Å²) in [6.45, 7) is 0.666. The maximum absolute atomic E-state index is 15.2. The van der Waals surface area contributed by atoms with Crippen molar-refractivity contribution in [3.63, 3.8) is 0 Å². The molecule has 39 heavy (non-hydrogen) atoms. The quantitative estimate of drug-likeness (QED) is 0.229. The summed E-state index contributed by atoms with van der Waals surface area (Å²) in [7, 11) is 3.78. The predicted molar refractivity (Wildman–Crippen MR) is 142 cm³/mol. The topological polar surface area (TPSA) is 68.2 Å². The summed E-state index contributed by atoms with van der Waals surface area (Å²) in [5.74, 6) is -1.44. The highest BCUT2D eigenvalue weighted by atomic mass is 32.2. The number of hydrogen-bond donors (Lipinski definition) is 2. The van der Waals surface area contributed by atoms with Crippen molar-refractivity contribution in [2.24, 2.45) is 0 Å². The van der Waals surface area contributed by atoms with Crippen molar-refractivity contribution in [1.82, 2.24) is 9.62 Å². The Kier molecular flexibility index (Phi) is 10.6. The fourth-order valence-electron chi connectivity index (χ4n) is 4.52. The Hall–Kier alpha value is -2.84. The minimum absolute atomic E-state index is 0.0126. The number of aryl methyl sites for hydroxylation is 1. The molecule has 0 spiro atoms. The molecule has 0 radical (unpaired) electrons. The molecule has 212 valence electrons. The monoisotopic (exact) mass is 568 g/mol. The van der Waals surface area contributed by atoms with Gasteiger partial charge < -0.3 is 10.2 Å². The van der Waals surface area contributed by atoms with Crippen LogP contribution in [0.25, 0.3) is 0 Å². The smallest absolute Gasteiger partial charge is 0.379 e. The molecule has 1 saturated carbocycles. The van der Waals surface area contributed by atoms with Gasteiger partial charge in [-0.15, -0.1) is 0 Å². The lowest BCUT2D eigenvalue weighted by molar-refractivity contribution is -0.137. The molecule has 5 nitrogen and oxygen atoms in total. The summed E-state index contributed by atoms with van der Waals surface area (Å²) in [5, 5.41) is 12.8. The van der Waals surface area contributed by atoms with E-state index in [9.17, 15) is 27.6 Å². The maximum atomic E-state index is 15.2. The van der Waals surface area contributed by atoms with Crippen molar-refractivity contribution in [3.05, 3.63) is 58.9 Å². The fourth-order valence-corrected chi connectivity index (χ4v) is 5.25. The number of nitriles is 1. The van der Waals surface area contributed by atoms with Gasteiger partial charge in [-0.2, -0.15) is 18.4 Å². The highest BCUT2D eigenvalue weighted by molar-refractivity contribution is 7.98. The zero-order valence-electron chi connectivity index (χ0n) is 22.0. The molecule has 0 heterocycles. The van der Waals surface area contributed by atoms with Crippen LogP contribution in [0.3, 0.4) is 0 Å². The first kappa shape index (κ1) is 30.7. The molecule has 1 unspecified atom stereocenters. The molecule has 1 amide bonds. The molecular weight excluding hydrogens is 535 g/mol. The lowest BCUT2D eigenvalue weighted by atomic mass is 9.86. The van der Waals surface area contributed by atoms with Crippen LogP contribution in [0.5, 0.6) is 0 Å². The molecule has 1 aliphatic rings. The number of anilines is 1. The van der Waals surface area contributed by atoms with Crippen LogP contribution in [0.15, 0.2) is 41.3 Å². The van der Waals surface area contributed by atoms with Crippen molar-refractivity contribution in [2.45, 2.75) is 74.1 Å². The van der Waals surface area contributed by atoms with E-state index in [2.05, 4.69) is 10.0 Å². The standard InChI is InChI=1S/C28H33F5N4OS/c1-37(2)15-12-22(11-8-19-6-9-21(10-7-19)28(31,32)33)35-25-20(18-34)16-23(17-24(25)29)39-36-26(38)27(30)13-4-3-5-14-27/h6-7,9-10,16-17,22,35H,3-5,8,11-15H2,1-2H3,(H,36,38). The van der Waals surface area contributed by atoms with Gasteiger partial charge in [0.05, 0.1) is 16.8 Å². The van der Waals surface area contributed by atoms with Crippen LogP contribution < -0.4 is 10.0 Å². The minimum atomic E-state index is -4.41. The van der Waals surface area contributed by atoms with Crippen LogP contribution in [0.2, 0.25) is 0 Å². The Bertz CT molecular complexity index is 1160. The molecule has 0 aromatic heterocycles. The highest BCUT2D eigenvalue weighted by Crippen LogP contribution is 2.34. The number of halogens is 5. The molecule has 11 heteroatoms. The van der Waals surface area contributed by atoms with Gasteiger partial charge >= 0.3 is 6.18 Å². The van der Waals surface area contributed by atoms with Gasteiger partial charge in [-0.05, 0) is 107 Å². The summed E-state index contributed by atoms with van der Waals surface area (Å²) in [6, 6.07) is 9.27. The second-order valence-corrected chi connectivity index (χ2v) is 11.0. The van der Waals surface area contributed by atoms with Crippen molar-refractivity contribution in [2.75, 3.05) is 26.0 Å². The third-order valence-corrected chi connectivity index (χ3v) is 7.59. The summed E-state index contributed by atoms with van der Waals surface area (Å²) in [4.78, 5) is 14.6. The van der Waals surface area contributed by atoms with E-state index in [0.29, 0.717) is 44.2 Å². The molecule has 0 aliphatic heterocycles. The zero-order valence-corrected chi connectivity index (χ0v) is 22.8. The first-order valence-electron chi connectivity index (χ1n) is 12.9. The Morgan fingerprint density at radius 2 is 1.79 bits per heavy atom. The zero-order chi connectivity index (χ0) is 28.6. The Labute approximate surface area is 230 Å². The van der Waals surface area contributed by atoms with E-state index in [1.165, 1.54) is 24.3 Å². The Balaban J connectivity index is 1.70. The highest BCUT2D eigenvalue weighted by Gasteiger charge is 2.39. The third kappa shape index (κ3) is 8.83. The van der Waals surface area contributed by atoms with E-state index < -0.39 is 29.1 Å². The first-order valence-corrected chi connectivity index (χ1v) is 13.7. The lowest BCUT2D eigenvalue weighted by Gasteiger charge is -2.27. The van der Waals surface area contributed by atoms with Crippen molar-refractivity contribution in [1.29, 1.82) is 5.26 Å². The number of rotatable bonds is 11. The third-order valence-electron chi connectivity index (χ3n) is 6.83. The number of nitrogens with one attached hydrogen (secondary N) is 2. The second kappa shape index (κ2) is 13.5. The van der Waals surface area contributed by atoms with E-state index in [-0.39, 0.29) is 35.0 Å². The predicted octanol–water partition coefficient (Wildman–Crippen LogP) is 6.88. The lowest BCUT2D eigenvalue weighted by Crippen LogP contribution is -2.42. The second-order valence-electron chi connectivity index (χ2n) is 10.2. The number of amides is 1. The number of benzene rings is 2. The van der Waals surface area contributed by atoms with Crippen LogP contribution in [0, 0.1) is 17.1 Å². The van der Waals surface area contributed by atoms with E-state index >= 15 is 4.39 Å². The summed E-state index contributed by atoms with van der Waals surface area (Å²) >= 11 is 0.771. The average molecular weight is 569 g/mol. The SMILES string of the molecule is CN(C)CCC(CCc1ccc(C(F)(F)F)cc1)Nc1c(F)cc(SNC(=O)C2(F)CCCCC2)cc1C#N. The van der Waals surface area contributed by atoms with E-state index in [0.717, 1.165) is 30.5 Å². The Morgan fingerprint density at radius 3 is 2.38 bits per heavy atom. The molecule has 3 rings (SSSR count). The molecular formula is C28H33F5N4OS. The molecule has 2 aromatic rings. The maximum Gasteiger partial charge on any atom is 0.416 e. The van der Waals surface area contributed by atoms with E-state index in [1.807, 2.05) is 25.1 Å². The van der Waals surface area contributed by atoms with Crippen LogP contribution in [0.4, 0.5) is 27.6 Å². The van der Waals surface area contributed by atoms with Gasteiger partial charge in [-0.25, -0.2) is 8.78 Å². The van der Waals surface area contributed by atoms with Gasteiger partial charge in [0.2, 0.25) is 0 Å². The minimum Gasteiger partial charge on any atom is -0.379 e. The van der Waals surface area contributed by atoms with Gasteiger partial charge in [0, 0.05) is 10.9 Å². The molecule has 0 saturated heterocycles. The van der Waals surface area contributed by atoms with Gasteiger partial charge in [-0.1, -0.05) is 18.6 Å². The van der Waals surface area contributed by atoms with E-state index in [1.54, 1.807) is 0 Å². The number of carbonyl (C=O) groups is 1. The van der Waals surface area contributed by atoms with Gasteiger partial charge in [0.15, 0.2) is 5.67 Å². The fraction of sp³-hybridized carbons (Fsp3) is 0.500. The Morgan fingerprint density at radius 1 is 1.13 bits per heavy atom. The van der Waals surface area contributed by atoms with Crippen molar-refractivity contribution < 1.29 is 26.7 Å².